The minimum absolute atomic E-state index is 0.0325. The molecule has 146 valence electrons. The topological polar surface area (TPSA) is 96.3 Å². The Hall–Kier alpha value is -3.78. The number of amides is 1. The van der Waals surface area contributed by atoms with Crippen LogP contribution in [-0.2, 0) is 6.54 Å². The molecule has 0 spiro atoms. The molecule has 3 N–H and O–H groups in total. The van der Waals surface area contributed by atoms with E-state index in [0.29, 0.717) is 23.5 Å². The van der Waals surface area contributed by atoms with E-state index in [1.54, 1.807) is 36.4 Å². The highest BCUT2D eigenvalue weighted by atomic mass is 32.1. The number of rotatable bonds is 6. The van der Waals surface area contributed by atoms with Gasteiger partial charge < -0.3 is 16.0 Å². The lowest BCUT2D eigenvalue weighted by atomic mass is 10.1. The zero-order valence-corrected chi connectivity index (χ0v) is 16.1. The molecule has 3 rings (SSSR count). The maximum absolute atomic E-state index is 12.4. The number of nitro benzene ring substituents is 1. The Bertz CT molecular complexity index is 1040. The lowest BCUT2D eigenvalue weighted by Gasteiger charge is -2.12. The van der Waals surface area contributed by atoms with Crippen molar-refractivity contribution in [3.8, 4) is 0 Å². The van der Waals surface area contributed by atoms with Gasteiger partial charge in [-0.25, -0.2) is 0 Å². The molecule has 7 nitrogen and oxygen atoms in total. The van der Waals surface area contributed by atoms with Gasteiger partial charge in [-0.1, -0.05) is 42.5 Å². The van der Waals surface area contributed by atoms with Crippen LogP contribution in [0, 0.1) is 10.1 Å². The molecular formula is C21H18N4O3S. The number of carbonyl (C=O) groups is 1. The minimum atomic E-state index is -0.473. The Morgan fingerprint density at radius 1 is 0.897 bits per heavy atom. The van der Waals surface area contributed by atoms with E-state index in [-0.39, 0.29) is 16.7 Å². The van der Waals surface area contributed by atoms with Crippen molar-refractivity contribution in [2.24, 2.45) is 0 Å². The number of anilines is 2. The second-order valence-electron chi connectivity index (χ2n) is 6.14. The largest absolute Gasteiger partial charge is 0.348 e. The Morgan fingerprint density at radius 2 is 1.55 bits per heavy atom. The predicted octanol–water partition coefficient (Wildman–Crippen LogP) is 4.33. The maximum Gasteiger partial charge on any atom is 0.271 e. The summed E-state index contributed by atoms with van der Waals surface area (Å²) in [6.45, 7) is 0.435. The molecule has 0 aliphatic carbocycles. The average Bonchev–Trinajstić information content (AvgIpc) is 2.73. The summed E-state index contributed by atoms with van der Waals surface area (Å²) in [4.78, 5) is 22.8. The molecule has 0 aliphatic heterocycles. The van der Waals surface area contributed by atoms with Crippen LogP contribution in [0.4, 0.5) is 17.1 Å². The van der Waals surface area contributed by atoms with Gasteiger partial charge >= 0.3 is 0 Å². The molecule has 8 heteroatoms. The van der Waals surface area contributed by atoms with Crippen LogP contribution in [0.2, 0.25) is 0 Å². The van der Waals surface area contributed by atoms with Gasteiger partial charge in [0.25, 0.3) is 11.6 Å². The molecule has 3 aromatic carbocycles. The molecule has 0 fully saturated rings. The van der Waals surface area contributed by atoms with Crippen molar-refractivity contribution in [2.75, 3.05) is 10.6 Å². The predicted molar refractivity (Wildman–Crippen MR) is 117 cm³/mol. The third kappa shape index (κ3) is 5.85. The first kappa shape index (κ1) is 20.0. The van der Waals surface area contributed by atoms with Gasteiger partial charge in [-0.2, -0.15) is 0 Å². The standard InChI is InChI=1S/C21H18N4O3S/c26-20(22-14-15-6-2-1-3-7-15)16-8-4-9-17(12-16)23-21(29)24-18-10-5-11-19(13-18)25(27)28/h1-13H,14H2,(H,22,26)(H2,23,24,29). The first-order valence-corrected chi connectivity index (χ1v) is 9.17. The molecule has 0 unspecified atom stereocenters. The highest BCUT2D eigenvalue weighted by Crippen LogP contribution is 2.18. The van der Waals surface area contributed by atoms with Crippen LogP contribution in [-0.4, -0.2) is 15.9 Å². The van der Waals surface area contributed by atoms with Crippen molar-refractivity contribution < 1.29 is 9.72 Å². The Balaban J connectivity index is 1.60. The highest BCUT2D eigenvalue weighted by molar-refractivity contribution is 7.80. The van der Waals surface area contributed by atoms with Crippen molar-refractivity contribution in [2.45, 2.75) is 6.54 Å². The molecule has 0 atom stereocenters. The third-order valence-corrected chi connectivity index (χ3v) is 4.20. The van der Waals surface area contributed by atoms with Gasteiger partial charge in [-0.05, 0) is 42.0 Å². The molecule has 0 heterocycles. The summed E-state index contributed by atoms with van der Waals surface area (Å²) >= 11 is 5.26. The molecule has 1 amide bonds. The minimum Gasteiger partial charge on any atom is -0.348 e. The van der Waals surface area contributed by atoms with E-state index in [4.69, 9.17) is 12.2 Å². The number of nitrogens with zero attached hydrogens (tertiary/aromatic N) is 1. The summed E-state index contributed by atoms with van der Waals surface area (Å²) in [5, 5.41) is 19.9. The van der Waals surface area contributed by atoms with Gasteiger partial charge in [-0.3, -0.25) is 14.9 Å². The van der Waals surface area contributed by atoms with E-state index < -0.39 is 4.92 Å². The summed E-state index contributed by atoms with van der Waals surface area (Å²) in [6, 6.07) is 22.6. The van der Waals surface area contributed by atoms with Gasteiger partial charge in [0.05, 0.1) is 4.92 Å². The second kappa shape index (κ2) is 9.43. The molecular weight excluding hydrogens is 388 g/mol. The van der Waals surface area contributed by atoms with E-state index >= 15 is 0 Å². The highest BCUT2D eigenvalue weighted by Gasteiger charge is 2.09. The fraction of sp³-hybridized carbons (Fsp3) is 0.0476. The quantitative estimate of drug-likeness (QED) is 0.320. The molecule has 0 aromatic heterocycles. The number of nitrogens with one attached hydrogen (secondary N) is 3. The average molecular weight is 406 g/mol. The van der Waals surface area contributed by atoms with Crippen molar-refractivity contribution in [3.63, 3.8) is 0 Å². The van der Waals surface area contributed by atoms with E-state index in [1.807, 2.05) is 30.3 Å². The normalized spacial score (nSPS) is 10.1. The summed E-state index contributed by atoms with van der Waals surface area (Å²) in [6.07, 6.45) is 0. The Labute approximate surface area is 172 Å². The molecule has 0 saturated heterocycles. The third-order valence-electron chi connectivity index (χ3n) is 3.99. The van der Waals surface area contributed by atoms with E-state index in [9.17, 15) is 14.9 Å². The van der Waals surface area contributed by atoms with Crippen LogP contribution in [0.1, 0.15) is 15.9 Å². The van der Waals surface area contributed by atoms with Crippen molar-refractivity contribution in [1.82, 2.24) is 5.32 Å². The zero-order valence-electron chi connectivity index (χ0n) is 15.3. The van der Waals surface area contributed by atoms with Gasteiger partial charge in [0.2, 0.25) is 0 Å². The van der Waals surface area contributed by atoms with Crippen LogP contribution in [0.5, 0.6) is 0 Å². The van der Waals surface area contributed by atoms with Gasteiger partial charge in [0.15, 0.2) is 5.11 Å². The molecule has 0 bridgehead atoms. The summed E-state index contributed by atoms with van der Waals surface area (Å²) < 4.78 is 0. The number of non-ortho nitro benzene ring substituents is 1. The fourth-order valence-electron chi connectivity index (χ4n) is 2.61. The summed E-state index contributed by atoms with van der Waals surface area (Å²) in [5.41, 5.74) is 2.59. The van der Waals surface area contributed by atoms with Crippen molar-refractivity contribution >= 4 is 40.3 Å². The number of carbonyl (C=O) groups excluding carboxylic acids is 1. The monoisotopic (exact) mass is 406 g/mol. The number of hydrogen-bond donors (Lipinski definition) is 3. The van der Waals surface area contributed by atoms with Crippen molar-refractivity contribution in [3.05, 3.63) is 100 Å². The molecule has 0 saturated carbocycles. The molecule has 0 radical (unpaired) electrons. The second-order valence-corrected chi connectivity index (χ2v) is 6.54. The van der Waals surface area contributed by atoms with Gasteiger partial charge in [-0.15, -0.1) is 0 Å². The molecule has 0 aliphatic rings. The van der Waals surface area contributed by atoms with Crippen LogP contribution < -0.4 is 16.0 Å². The number of hydrogen-bond acceptors (Lipinski definition) is 4. The zero-order chi connectivity index (χ0) is 20.6. The van der Waals surface area contributed by atoms with Crippen LogP contribution >= 0.6 is 12.2 Å². The maximum atomic E-state index is 12.4. The smallest absolute Gasteiger partial charge is 0.271 e. The fourth-order valence-corrected chi connectivity index (χ4v) is 2.84. The molecule has 29 heavy (non-hydrogen) atoms. The van der Waals surface area contributed by atoms with E-state index in [2.05, 4.69) is 16.0 Å². The van der Waals surface area contributed by atoms with Gasteiger partial charge in [0, 0.05) is 35.6 Å². The number of benzene rings is 3. The Kier molecular flexibility index (Phi) is 6.49. The summed E-state index contributed by atoms with van der Waals surface area (Å²) in [5.74, 6) is -0.199. The lowest BCUT2D eigenvalue weighted by molar-refractivity contribution is -0.384. The van der Waals surface area contributed by atoms with E-state index in [1.165, 1.54) is 12.1 Å². The first-order chi connectivity index (χ1) is 14.0. The van der Waals surface area contributed by atoms with Crippen LogP contribution in [0.3, 0.4) is 0 Å². The lowest BCUT2D eigenvalue weighted by Crippen LogP contribution is -2.23. The van der Waals surface area contributed by atoms with Gasteiger partial charge in [0.1, 0.15) is 0 Å². The Morgan fingerprint density at radius 3 is 2.24 bits per heavy atom. The number of thiocarbonyl (C=S) groups is 1. The van der Waals surface area contributed by atoms with E-state index in [0.717, 1.165) is 5.56 Å². The summed E-state index contributed by atoms with van der Waals surface area (Å²) in [7, 11) is 0. The van der Waals surface area contributed by atoms with Crippen molar-refractivity contribution in [1.29, 1.82) is 0 Å². The molecule has 3 aromatic rings. The van der Waals surface area contributed by atoms with Crippen LogP contribution in [0.15, 0.2) is 78.9 Å². The first-order valence-electron chi connectivity index (χ1n) is 8.76. The van der Waals surface area contributed by atoms with Crippen LogP contribution in [0.25, 0.3) is 0 Å². The number of nitro groups is 1. The SMILES string of the molecule is O=C(NCc1ccccc1)c1cccc(NC(=S)Nc2cccc([N+](=O)[O-])c2)c1.